The quantitative estimate of drug-likeness (QED) is 0.727. The minimum absolute atomic E-state index is 0.180. The molecule has 2 N–H and O–H groups in total. The number of hydrogen-bond donors (Lipinski definition) is 2. The van der Waals surface area contributed by atoms with Gasteiger partial charge in [0.05, 0.1) is 12.2 Å². The highest BCUT2D eigenvalue weighted by Crippen LogP contribution is 2.26. The van der Waals surface area contributed by atoms with Gasteiger partial charge in [-0.25, -0.2) is 0 Å². The van der Waals surface area contributed by atoms with Gasteiger partial charge in [-0.2, -0.15) is 5.10 Å². The van der Waals surface area contributed by atoms with Crippen LogP contribution in [0.2, 0.25) is 5.15 Å². The summed E-state index contributed by atoms with van der Waals surface area (Å²) in [5, 5.41) is 4.61. The maximum atomic E-state index is 12.5. The zero-order valence-corrected chi connectivity index (χ0v) is 17.1. The number of carbonyl (C=O) groups excluding carboxylic acids is 2. The number of carbonyl (C=O) groups is 2. The van der Waals surface area contributed by atoms with E-state index in [-0.39, 0.29) is 12.5 Å². The van der Waals surface area contributed by atoms with Crippen LogP contribution >= 0.6 is 11.6 Å². The van der Waals surface area contributed by atoms with E-state index in [4.69, 9.17) is 11.6 Å². The average Bonchev–Trinajstić information content (AvgIpc) is 2.98. The molecule has 7 nitrogen and oxygen atoms in total. The van der Waals surface area contributed by atoms with E-state index in [0.29, 0.717) is 23.0 Å². The monoisotopic (exact) mass is 403 g/mol. The summed E-state index contributed by atoms with van der Waals surface area (Å²) in [6, 6.07) is 8.09. The van der Waals surface area contributed by atoms with Gasteiger partial charge in [-0.1, -0.05) is 43.1 Å². The first-order valence-electron chi connectivity index (χ1n) is 9.66. The van der Waals surface area contributed by atoms with Crippen LogP contribution in [0.5, 0.6) is 0 Å². The number of rotatable bonds is 6. The van der Waals surface area contributed by atoms with Gasteiger partial charge in [-0.05, 0) is 37.8 Å². The molecule has 0 unspecified atom stereocenters. The Balaban J connectivity index is 1.58. The van der Waals surface area contributed by atoms with Crippen LogP contribution in [0.25, 0.3) is 0 Å². The van der Waals surface area contributed by atoms with Crippen molar-refractivity contribution in [2.24, 2.45) is 0 Å². The lowest BCUT2D eigenvalue weighted by Gasteiger charge is -2.30. The third-order valence-electron chi connectivity index (χ3n) is 4.87. The van der Waals surface area contributed by atoms with Crippen molar-refractivity contribution in [3.8, 4) is 0 Å². The molecule has 0 radical (unpaired) electrons. The van der Waals surface area contributed by atoms with Gasteiger partial charge in [0.15, 0.2) is 0 Å². The minimum atomic E-state index is -0.461. The number of para-hydroxylation sites is 1. The Morgan fingerprint density at radius 3 is 2.82 bits per heavy atom. The summed E-state index contributed by atoms with van der Waals surface area (Å²) >= 11 is 6.31. The SMILES string of the molecule is CCCCn1nc(C)c(C(=O)NNC(=O)CN2CCCc3ccccc32)c1Cl. The molecule has 2 heterocycles. The Morgan fingerprint density at radius 1 is 1.25 bits per heavy atom. The van der Waals surface area contributed by atoms with Crippen LogP contribution < -0.4 is 15.8 Å². The number of nitrogens with one attached hydrogen (secondary N) is 2. The van der Waals surface area contributed by atoms with Gasteiger partial charge in [0.25, 0.3) is 11.8 Å². The fourth-order valence-electron chi connectivity index (χ4n) is 3.44. The van der Waals surface area contributed by atoms with Crippen molar-refractivity contribution >= 4 is 29.1 Å². The molecule has 8 heteroatoms. The van der Waals surface area contributed by atoms with Crippen molar-refractivity contribution < 1.29 is 9.59 Å². The fourth-order valence-corrected chi connectivity index (χ4v) is 3.79. The lowest BCUT2D eigenvalue weighted by atomic mass is 10.0. The highest BCUT2D eigenvalue weighted by atomic mass is 35.5. The third kappa shape index (κ3) is 4.47. The second-order valence-electron chi connectivity index (χ2n) is 6.98. The molecule has 3 rings (SSSR count). The molecule has 2 amide bonds. The van der Waals surface area contributed by atoms with Gasteiger partial charge in [0, 0.05) is 18.8 Å². The zero-order chi connectivity index (χ0) is 20.1. The summed E-state index contributed by atoms with van der Waals surface area (Å²) in [5.74, 6) is -0.741. The largest absolute Gasteiger partial charge is 0.362 e. The number of benzene rings is 1. The van der Waals surface area contributed by atoms with E-state index < -0.39 is 5.91 Å². The van der Waals surface area contributed by atoms with Crippen LogP contribution in [-0.4, -0.2) is 34.7 Å². The molecular weight excluding hydrogens is 378 g/mol. The molecule has 0 aliphatic carbocycles. The first-order valence-corrected chi connectivity index (χ1v) is 10.0. The highest BCUT2D eigenvalue weighted by Gasteiger charge is 2.22. The fraction of sp³-hybridized carbons (Fsp3) is 0.450. The number of amides is 2. The van der Waals surface area contributed by atoms with Gasteiger partial charge in [0.1, 0.15) is 10.7 Å². The number of aryl methyl sites for hydroxylation is 3. The Labute approximate surface area is 170 Å². The lowest BCUT2D eigenvalue weighted by molar-refractivity contribution is -0.120. The van der Waals surface area contributed by atoms with Crippen molar-refractivity contribution in [2.45, 2.75) is 46.1 Å². The standard InChI is InChI=1S/C20H26ClN5O2/c1-3-4-12-26-19(21)18(14(2)24-26)20(28)23-22-17(27)13-25-11-7-9-15-8-5-6-10-16(15)25/h5-6,8,10H,3-4,7,9,11-13H2,1-2H3,(H,22,27)(H,23,28). The number of hydrazine groups is 1. The number of aromatic nitrogens is 2. The molecule has 28 heavy (non-hydrogen) atoms. The van der Waals surface area contributed by atoms with Crippen molar-refractivity contribution in [1.29, 1.82) is 0 Å². The van der Waals surface area contributed by atoms with E-state index in [1.807, 2.05) is 23.1 Å². The Hall–Kier alpha value is -2.54. The molecule has 1 aromatic carbocycles. The average molecular weight is 404 g/mol. The molecule has 0 bridgehead atoms. The van der Waals surface area contributed by atoms with Gasteiger partial charge in [0.2, 0.25) is 0 Å². The van der Waals surface area contributed by atoms with Gasteiger partial charge >= 0.3 is 0 Å². The van der Waals surface area contributed by atoms with Crippen LogP contribution in [0, 0.1) is 6.92 Å². The molecule has 0 atom stereocenters. The summed E-state index contributed by atoms with van der Waals surface area (Å²) in [7, 11) is 0. The molecule has 0 fully saturated rings. The molecule has 0 spiro atoms. The highest BCUT2D eigenvalue weighted by molar-refractivity contribution is 6.33. The summed E-state index contributed by atoms with van der Waals surface area (Å²) < 4.78 is 1.63. The van der Waals surface area contributed by atoms with Crippen LogP contribution in [-0.2, 0) is 17.8 Å². The van der Waals surface area contributed by atoms with Gasteiger partial charge in [-0.3, -0.25) is 25.1 Å². The van der Waals surface area contributed by atoms with Crippen molar-refractivity contribution in [3.05, 3.63) is 46.2 Å². The molecule has 1 aliphatic rings. The number of anilines is 1. The number of fused-ring (bicyclic) bond motifs is 1. The van der Waals surface area contributed by atoms with E-state index in [2.05, 4.69) is 28.9 Å². The van der Waals surface area contributed by atoms with E-state index in [9.17, 15) is 9.59 Å². The topological polar surface area (TPSA) is 79.3 Å². The first kappa shape index (κ1) is 20.2. The van der Waals surface area contributed by atoms with Crippen molar-refractivity contribution in [3.63, 3.8) is 0 Å². The smallest absolute Gasteiger partial charge is 0.274 e. The number of nitrogens with zero attached hydrogens (tertiary/aromatic N) is 3. The Morgan fingerprint density at radius 2 is 2.04 bits per heavy atom. The second kappa shape index (κ2) is 9.10. The summed E-state index contributed by atoms with van der Waals surface area (Å²) in [4.78, 5) is 26.9. The number of hydrogen-bond acceptors (Lipinski definition) is 4. The third-order valence-corrected chi connectivity index (χ3v) is 5.26. The second-order valence-corrected chi connectivity index (χ2v) is 7.34. The zero-order valence-electron chi connectivity index (χ0n) is 16.3. The molecule has 2 aromatic rings. The van der Waals surface area contributed by atoms with Gasteiger partial charge in [-0.15, -0.1) is 0 Å². The predicted molar refractivity (Wildman–Crippen MR) is 109 cm³/mol. The predicted octanol–water partition coefficient (Wildman–Crippen LogP) is 2.86. The number of halogens is 1. The van der Waals surface area contributed by atoms with Crippen LogP contribution in [0.3, 0.4) is 0 Å². The molecular formula is C20H26ClN5O2. The minimum Gasteiger partial charge on any atom is -0.362 e. The maximum Gasteiger partial charge on any atom is 0.274 e. The summed E-state index contributed by atoms with van der Waals surface area (Å²) in [6.07, 6.45) is 3.95. The maximum absolute atomic E-state index is 12.5. The van der Waals surface area contributed by atoms with E-state index >= 15 is 0 Å². The Bertz CT molecular complexity index is 864. The molecule has 1 aromatic heterocycles. The van der Waals surface area contributed by atoms with E-state index in [1.165, 1.54) is 5.56 Å². The van der Waals surface area contributed by atoms with Crippen LogP contribution in [0.4, 0.5) is 5.69 Å². The summed E-state index contributed by atoms with van der Waals surface area (Å²) in [6.45, 7) is 5.46. The van der Waals surface area contributed by atoms with Crippen molar-refractivity contribution in [1.82, 2.24) is 20.6 Å². The van der Waals surface area contributed by atoms with E-state index in [1.54, 1.807) is 11.6 Å². The van der Waals surface area contributed by atoms with Crippen LogP contribution in [0.1, 0.15) is 47.8 Å². The molecule has 1 aliphatic heterocycles. The van der Waals surface area contributed by atoms with Crippen molar-refractivity contribution in [2.75, 3.05) is 18.0 Å². The molecule has 0 saturated heterocycles. The molecule has 0 saturated carbocycles. The van der Waals surface area contributed by atoms with Crippen LogP contribution in [0.15, 0.2) is 24.3 Å². The number of unbranched alkanes of at least 4 members (excludes halogenated alkanes) is 1. The normalized spacial score (nSPS) is 13.2. The Kier molecular flexibility index (Phi) is 6.57. The molecule has 150 valence electrons. The lowest BCUT2D eigenvalue weighted by Crippen LogP contribution is -2.47. The van der Waals surface area contributed by atoms with Gasteiger partial charge < -0.3 is 4.90 Å². The first-order chi connectivity index (χ1) is 13.5. The summed E-state index contributed by atoms with van der Waals surface area (Å²) in [5.41, 5.74) is 8.10. The van der Waals surface area contributed by atoms with E-state index in [0.717, 1.165) is 37.9 Å².